The first-order chi connectivity index (χ1) is 12.7. The van der Waals surface area contributed by atoms with E-state index in [-0.39, 0.29) is 5.12 Å². The van der Waals surface area contributed by atoms with Crippen molar-refractivity contribution in [3.8, 4) is 5.75 Å². The molecule has 1 aliphatic rings. The third kappa shape index (κ3) is 4.81. The van der Waals surface area contributed by atoms with Crippen LogP contribution in [0.2, 0.25) is 5.02 Å². The van der Waals surface area contributed by atoms with Crippen LogP contribution in [0.15, 0.2) is 71.9 Å². The number of nitrogens with zero attached hydrogens (tertiary/aromatic N) is 1. The van der Waals surface area contributed by atoms with Crippen molar-refractivity contribution in [2.75, 3.05) is 5.75 Å². The fourth-order valence-electron chi connectivity index (χ4n) is 2.23. The van der Waals surface area contributed by atoms with Crippen LogP contribution in [0.4, 0.5) is 0 Å². The van der Waals surface area contributed by atoms with Gasteiger partial charge in [0.1, 0.15) is 22.4 Å². The largest absolute Gasteiger partial charge is 0.488 e. The molecule has 0 saturated heterocycles. The minimum atomic E-state index is -0.0579. The maximum Gasteiger partial charge on any atom is 0.244 e. The van der Waals surface area contributed by atoms with Crippen molar-refractivity contribution in [3.63, 3.8) is 0 Å². The summed E-state index contributed by atoms with van der Waals surface area (Å²) in [5.41, 5.74) is 2.14. The van der Waals surface area contributed by atoms with E-state index in [2.05, 4.69) is 11.6 Å². The Kier molecular flexibility index (Phi) is 6.61. The van der Waals surface area contributed by atoms with Gasteiger partial charge in [-0.05, 0) is 30.0 Å². The van der Waals surface area contributed by atoms with Gasteiger partial charge < -0.3 is 4.74 Å². The van der Waals surface area contributed by atoms with Crippen LogP contribution in [0.3, 0.4) is 0 Å². The molecule has 0 atom stereocenters. The summed E-state index contributed by atoms with van der Waals surface area (Å²) in [5.74, 6) is 1.41. The van der Waals surface area contributed by atoms with Gasteiger partial charge in [0.25, 0.3) is 0 Å². The zero-order valence-electron chi connectivity index (χ0n) is 13.9. The highest BCUT2D eigenvalue weighted by molar-refractivity contribution is 8.45. The summed E-state index contributed by atoms with van der Waals surface area (Å²) in [6.45, 7) is 4.03. The van der Waals surface area contributed by atoms with Crippen LogP contribution in [0, 0.1) is 0 Å². The van der Waals surface area contributed by atoms with Gasteiger partial charge >= 0.3 is 0 Å². The van der Waals surface area contributed by atoms with Gasteiger partial charge in [0.15, 0.2) is 0 Å². The number of hydrogen-bond acceptors (Lipinski definition) is 5. The zero-order valence-corrected chi connectivity index (χ0v) is 16.2. The van der Waals surface area contributed by atoms with Crippen LogP contribution in [-0.4, -0.2) is 15.2 Å². The molecule has 0 aromatic heterocycles. The summed E-state index contributed by atoms with van der Waals surface area (Å²) < 4.78 is 6.67. The molecule has 0 N–H and O–H groups in total. The molecule has 3 nitrogen and oxygen atoms in total. The zero-order chi connectivity index (χ0) is 18.4. The van der Waals surface area contributed by atoms with E-state index in [9.17, 15) is 4.79 Å². The van der Waals surface area contributed by atoms with E-state index in [1.165, 1.54) is 11.8 Å². The smallest absolute Gasteiger partial charge is 0.244 e. The second-order valence-corrected chi connectivity index (χ2v) is 7.95. The number of rotatable bonds is 6. The predicted octanol–water partition coefficient (Wildman–Crippen LogP) is 5.81. The quantitative estimate of drug-likeness (QED) is 0.452. The lowest BCUT2D eigenvalue weighted by atomic mass is 10.1. The molecule has 26 heavy (non-hydrogen) atoms. The van der Waals surface area contributed by atoms with Gasteiger partial charge in [-0.2, -0.15) is 0 Å². The van der Waals surface area contributed by atoms with Crippen molar-refractivity contribution in [1.29, 1.82) is 0 Å². The molecule has 0 amide bonds. The third-order valence-corrected chi connectivity index (χ3v) is 5.85. The minimum Gasteiger partial charge on any atom is -0.488 e. The molecule has 0 aliphatic carbocycles. The number of halogens is 1. The van der Waals surface area contributed by atoms with Crippen LogP contribution in [0.5, 0.6) is 5.75 Å². The number of ether oxygens (including phenoxy) is 1. The lowest BCUT2D eigenvalue weighted by Crippen LogP contribution is -1.98. The van der Waals surface area contributed by atoms with E-state index in [1.807, 2.05) is 48.5 Å². The Labute approximate surface area is 166 Å². The van der Waals surface area contributed by atoms with E-state index < -0.39 is 0 Å². The number of carbonyl (C=O) groups excluding carboxylic acids is 1. The fraction of sp³-hybridized carbons (Fsp3) is 0.100. The number of hydrogen-bond donors (Lipinski definition) is 0. The first-order valence-corrected chi connectivity index (χ1v) is 10.1. The number of thioether (sulfide) groups is 2. The summed E-state index contributed by atoms with van der Waals surface area (Å²) in [6.07, 6.45) is 3.55. The van der Waals surface area contributed by atoms with Gasteiger partial charge in [0.2, 0.25) is 5.12 Å². The van der Waals surface area contributed by atoms with E-state index >= 15 is 0 Å². The lowest BCUT2D eigenvalue weighted by molar-refractivity contribution is -0.107. The lowest BCUT2D eigenvalue weighted by Gasteiger charge is -2.10. The van der Waals surface area contributed by atoms with Gasteiger partial charge in [-0.1, -0.05) is 65.8 Å². The number of carbonyl (C=O) groups is 1. The van der Waals surface area contributed by atoms with Crippen LogP contribution >= 0.6 is 35.1 Å². The third-order valence-electron chi connectivity index (χ3n) is 3.48. The van der Waals surface area contributed by atoms with Crippen LogP contribution in [0.25, 0.3) is 6.08 Å². The topological polar surface area (TPSA) is 38.7 Å². The summed E-state index contributed by atoms with van der Waals surface area (Å²) in [7, 11) is 0. The van der Waals surface area contributed by atoms with Gasteiger partial charge in [-0.15, -0.1) is 6.58 Å². The highest BCUT2D eigenvalue weighted by Gasteiger charge is 2.22. The van der Waals surface area contributed by atoms with Crippen molar-refractivity contribution in [2.45, 2.75) is 6.61 Å². The van der Waals surface area contributed by atoms with Gasteiger partial charge in [0.05, 0.1) is 0 Å². The van der Waals surface area contributed by atoms with E-state index in [1.54, 1.807) is 12.2 Å². The molecule has 6 heteroatoms. The standard InChI is InChI=1S/C20H16ClNO2S2/c1-2-11-25-20-22-17(19(23)26-20)12-14-7-4-6-10-18(14)24-13-15-8-3-5-9-16(15)21/h2-10,12H,1,11,13H2. The van der Waals surface area contributed by atoms with E-state index in [0.717, 1.165) is 33.0 Å². The molecular weight excluding hydrogens is 386 g/mol. The molecule has 1 aliphatic heterocycles. The average molecular weight is 402 g/mol. The van der Waals surface area contributed by atoms with Crippen molar-refractivity contribution in [2.24, 2.45) is 4.99 Å². The molecule has 0 bridgehead atoms. The molecule has 132 valence electrons. The molecule has 1 heterocycles. The Hall–Kier alpha value is -1.95. The maximum absolute atomic E-state index is 12.2. The number of aliphatic imine (C=N–C) groups is 1. The molecule has 0 unspecified atom stereocenters. The fourth-order valence-corrected chi connectivity index (χ4v) is 4.02. The van der Waals surface area contributed by atoms with Crippen LogP contribution in [-0.2, 0) is 11.4 Å². The Morgan fingerprint density at radius 3 is 2.77 bits per heavy atom. The van der Waals surface area contributed by atoms with Crippen molar-refractivity contribution < 1.29 is 9.53 Å². The summed E-state index contributed by atoms with van der Waals surface area (Å²) in [5, 5.41) is 0.608. The van der Waals surface area contributed by atoms with Gasteiger partial charge in [-0.25, -0.2) is 4.99 Å². The summed E-state index contributed by atoms with van der Waals surface area (Å²) in [6, 6.07) is 15.1. The monoisotopic (exact) mass is 401 g/mol. The Morgan fingerprint density at radius 1 is 1.19 bits per heavy atom. The Balaban J connectivity index is 1.79. The normalized spacial score (nSPS) is 15.2. The molecule has 3 rings (SSSR count). The molecular formula is C20H16ClNO2S2. The highest BCUT2D eigenvalue weighted by atomic mass is 35.5. The van der Waals surface area contributed by atoms with E-state index in [4.69, 9.17) is 16.3 Å². The highest BCUT2D eigenvalue weighted by Crippen LogP contribution is 2.32. The number of para-hydroxylation sites is 1. The Morgan fingerprint density at radius 2 is 1.96 bits per heavy atom. The van der Waals surface area contributed by atoms with Gasteiger partial charge in [0, 0.05) is 21.9 Å². The maximum atomic E-state index is 12.2. The number of benzene rings is 2. The van der Waals surface area contributed by atoms with Crippen LogP contribution < -0.4 is 4.74 Å². The first-order valence-electron chi connectivity index (χ1n) is 7.89. The van der Waals surface area contributed by atoms with E-state index in [0.29, 0.717) is 23.1 Å². The second kappa shape index (κ2) is 9.12. The molecule has 0 fully saturated rings. The van der Waals surface area contributed by atoms with Gasteiger partial charge in [-0.3, -0.25) is 4.79 Å². The minimum absolute atomic E-state index is 0.0579. The molecule has 0 spiro atoms. The second-order valence-electron chi connectivity index (χ2n) is 5.31. The van der Waals surface area contributed by atoms with Crippen LogP contribution in [0.1, 0.15) is 11.1 Å². The molecule has 2 aromatic carbocycles. The average Bonchev–Trinajstić information content (AvgIpc) is 3.00. The molecule has 0 saturated carbocycles. The molecule has 0 radical (unpaired) electrons. The molecule has 2 aromatic rings. The van der Waals surface area contributed by atoms with Crippen molar-refractivity contribution in [1.82, 2.24) is 0 Å². The Bertz CT molecular complexity index is 893. The predicted molar refractivity (Wildman–Crippen MR) is 113 cm³/mol. The summed E-state index contributed by atoms with van der Waals surface area (Å²) in [4.78, 5) is 16.6. The summed E-state index contributed by atoms with van der Waals surface area (Å²) >= 11 is 8.83. The van der Waals surface area contributed by atoms with Crippen molar-refractivity contribution >= 4 is 50.7 Å². The first kappa shape index (κ1) is 18.8. The van der Waals surface area contributed by atoms with Crippen molar-refractivity contribution in [3.05, 3.63) is 83.0 Å². The SMILES string of the molecule is C=CCSC1=NC(=Cc2ccccc2OCc2ccccc2Cl)C(=O)S1.